The topological polar surface area (TPSA) is 95.6 Å². The molecule has 1 rings (SSSR count). The van der Waals surface area contributed by atoms with Crippen LogP contribution in [0.15, 0.2) is 17.2 Å². The van der Waals surface area contributed by atoms with Crippen molar-refractivity contribution in [2.45, 2.75) is 24.3 Å². The van der Waals surface area contributed by atoms with Gasteiger partial charge in [-0.15, -0.1) is 0 Å². The predicted octanol–water partition coefficient (Wildman–Crippen LogP) is 0.205. The van der Waals surface area contributed by atoms with Crippen molar-refractivity contribution in [1.82, 2.24) is 9.29 Å². The second kappa shape index (κ2) is 9.16. The van der Waals surface area contributed by atoms with Crippen LogP contribution in [0.5, 0.6) is 0 Å². The van der Waals surface area contributed by atoms with E-state index in [1.165, 1.54) is 0 Å². The second-order valence-corrected chi connectivity index (χ2v) is 6.46. The molecule has 0 amide bonds. The van der Waals surface area contributed by atoms with Crippen LogP contribution >= 0.6 is 0 Å². The Hall–Kier alpha value is -0.930. The molecular weight excluding hydrogens is 294 g/mol. The lowest BCUT2D eigenvalue weighted by atomic mass is 10.3. The molecule has 0 saturated heterocycles. The van der Waals surface area contributed by atoms with Crippen LogP contribution in [0.3, 0.4) is 0 Å². The smallest absolute Gasteiger partial charge is 0.242 e. The van der Waals surface area contributed by atoms with Gasteiger partial charge in [-0.05, 0) is 18.9 Å². The molecule has 0 fully saturated rings. The summed E-state index contributed by atoms with van der Waals surface area (Å²) in [4.78, 5) is 0.252. The SMILES string of the molecule is COCCOCCCCNS(=O)(=O)c1cc(CN)n(C)c1. The lowest BCUT2D eigenvalue weighted by Gasteiger charge is -2.05. The van der Waals surface area contributed by atoms with Gasteiger partial charge < -0.3 is 19.8 Å². The maximum Gasteiger partial charge on any atom is 0.242 e. The fourth-order valence-electron chi connectivity index (χ4n) is 1.79. The van der Waals surface area contributed by atoms with Crippen LogP contribution in [0.25, 0.3) is 0 Å². The highest BCUT2D eigenvalue weighted by Gasteiger charge is 2.16. The summed E-state index contributed by atoms with van der Waals surface area (Å²) in [5, 5.41) is 0. The number of methoxy groups -OCH3 is 1. The van der Waals surface area contributed by atoms with Crippen molar-refractivity contribution in [3.8, 4) is 0 Å². The van der Waals surface area contributed by atoms with Crippen LogP contribution in [0.4, 0.5) is 0 Å². The lowest BCUT2D eigenvalue weighted by Crippen LogP contribution is -2.24. The highest BCUT2D eigenvalue weighted by Crippen LogP contribution is 2.12. The maximum atomic E-state index is 12.1. The zero-order valence-electron chi connectivity index (χ0n) is 12.7. The van der Waals surface area contributed by atoms with Gasteiger partial charge in [0.2, 0.25) is 10.0 Å². The molecule has 0 spiro atoms. The lowest BCUT2D eigenvalue weighted by molar-refractivity contribution is 0.0689. The van der Waals surface area contributed by atoms with E-state index in [1.807, 2.05) is 0 Å². The molecule has 8 heteroatoms. The first-order valence-corrected chi connectivity index (χ1v) is 8.41. The normalized spacial score (nSPS) is 12.0. The highest BCUT2D eigenvalue weighted by molar-refractivity contribution is 7.89. The molecule has 1 heterocycles. The third-order valence-corrected chi connectivity index (χ3v) is 4.47. The zero-order chi connectivity index (χ0) is 15.7. The van der Waals surface area contributed by atoms with Crippen LogP contribution in [-0.4, -0.2) is 46.5 Å². The number of nitrogens with one attached hydrogen (secondary N) is 1. The largest absolute Gasteiger partial charge is 0.382 e. The van der Waals surface area contributed by atoms with Gasteiger partial charge in [0.15, 0.2) is 0 Å². The summed E-state index contributed by atoms with van der Waals surface area (Å²) in [7, 11) is -0.0614. The first-order valence-electron chi connectivity index (χ1n) is 6.93. The summed E-state index contributed by atoms with van der Waals surface area (Å²) < 4.78 is 38.6. The number of nitrogens with zero attached hydrogens (tertiary/aromatic N) is 1. The Balaban J connectivity index is 2.30. The van der Waals surface area contributed by atoms with E-state index in [1.54, 1.807) is 31.0 Å². The number of aromatic nitrogens is 1. The van der Waals surface area contributed by atoms with Gasteiger partial charge >= 0.3 is 0 Å². The standard InChI is InChI=1S/C13H25N3O4S/c1-16-11-13(9-12(16)10-14)21(17,18)15-5-3-4-6-20-8-7-19-2/h9,11,15H,3-8,10,14H2,1-2H3. The monoisotopic (exact) mass is 319 g/mol. The molecule has 0 aliphatic carbocycles. The van der Waals surface area contributed by atoms with E-state index in [9.17, 15) is 8.42 Å². The molecule has 122 valence electrons. The van der Waals surface area contributed by atoms with Gasteiger partial charge in [0.25, 0.3) is 0 Å². The van der Waals surface area contributed by atoms with Gasteiger partial charge in [0, 0.05) is 45.7 Å². The van der Waals surface area contributed by atoms with Crippen LogP contribution in [0, 0.1) is 0 Å². The van der Waals surface area contributed by atoms with E-state index in [4.69, 9.17) is 15.2 Å². The minimum Gasteiger partial charge on any atom is -0.382 e. The molecule has 21 heavy (non-hydrogen) atoms. The highest BCUT2D eigenvalue weighted by atomic mass is 32.2. The van der Waals surface area contributed by atoms with Crippen LogP contribution in [0.2, 0.25) is 0 Å². The van der Waals surface area contributed by atoms with Crippen molar-refractivity contribution in [2.75, 3.05) is 33.5 Å². The summed E-state index contributed by atoms with van der Waals surface area (Å²) in [5.41, 5.74) is 6.32. The molecule has 7 nitrogen and oxygen atoms in total. The summed E-state index contributed by atoms with van der Waals surface area (Å²) in [5.74, 6) is 0. The number of nitrogens with two attached hydrogens (primary N) is 1. The second-order valence-electron chi connectivity index (χ2n) is 4.69. The van der Waals surface area contributed by atoms with Crippen LogP contribution in [0.1, 0.15) is 18.5 Å². The molecule has 0 radical (unpaired) electrons. The molecule has 1 aromatic rings. The Labute approximate surface area is 126 Å². The molecule has 3 N–H and O–H groups in total. The van der Waals surface area contributed by atoms with Crippen molar-refractivity contribution >= 4 is 10.0 Å². The van der Waals surface area contributed by atoms with Gasteiger partial charge in [0.1, 0.15) is 0 Å². The van der Waals surface area contributed by atoms with Crippen LogP contribution < -0.4 is 10.5 Å². The Kier molecular flexibility index (Phi) is 7.91. The first kappa shape index (κ1) is 18.1. The van der Waals surface area contributed by atoms with E-state index >= 15 is 0 Å². The number of unbranched alkanes of at least 4 members (excludes halogenated alkanes) is 1. The number of ether oxygens (including phenoxy) is 2. The van der Waals surface area contributed by atoms with E-state index in [-0.39, 0.29) is 4.90 Å². The Bertz CT molecular complexity index is 513. The quantitative estimate of drug-likeness (QED) is 0.568. The Morgan fingerprint density at radius 2 is 2.05 bits per heavy atom. The molecule has 0 aliphatic heterocycles. The molecule has 1 aromatic heterocycles. The Morgan fingerprint density at radius 3 is 2.67 bits per heavy atom. The van der Waals surface area contributed by atoms with E-state index in [0.717, 1.165) is 18.5 Å². The predicted molar refractivity (Wildman–Crippen MR) is 80.4 cm³/mol. The van der Waals surface area contributed by atoms with Crippen molar-refractivity contribution in [3.63, 3.8) is 0 Å². The average Bonchev–Trinajstić information content (AvgIpc) is 2.84. The van der Waals surface area contributed by atoms with E-state index in [2.05, 4.69) is 4.72 Å². The van der Waals surface area contributed by atoms with Crippen LogP contribution in [-0.2, 0) is 33.1 Å². The number of sulfonamides is 1. The maximum absolute atomic E-state index is 12.1. The molecule has 0 bridgehead atoms. The van der Waals surface area contributed by atoms with Crippen molar-refractivity contribution < 1.29 is 17.9 Å². The Morgan fingerprint density at radius 1 is 1.29 bits per heavy atom. The van der Waals surface area contributed by atoms with Crippen molar-refractivity contribution in [3.05, 3.63) is 18.0 Å². The summed E-state index contributed by atoms with van der Waals surface area (Å²) in [6, 6.07) is 1.59. The van der Waals surface area contributed by atoms with Crippen molar-refractivity contribution in [1.29, 1.82) is 0 Å². The third kappa shape index (κ3) is 6.15. The molecule has 0 aliphatic rings. The molecule has 0 saturated carbocycles. The minimum absolute atomic E-state index is 0.252. The molecule has 0 atom stereocenters. The van der Waals surface area contributed by atoms with E-state index in [0.29, 0.717) is 32.9 Å². The number of hydrogen-bond donors (Lipinski definition) is 2. The summed E-state index contributed by atoms with van der Waals surface area (Å²) in [6.07, 6.45) is 3.09. The van der Waals surface area contributed by atoms with Gasteiger partial charge in [0.05, 0.1) is 18.1 Å². The van der Waals surface area contributed by atoms with Gasteiger partial charge in [-0.3, -0.25) is 0 Å². The third-order valence-electron chi connectivity index (χ3n) is 3.04. The first-order chi connectivity index (χ1) is 10.0. The minimum atomic E-state index is -3.46. The number of aryl methyl sites for hydroxylation is 1. The molecule has 0 unspecified atom stereocenters. The average molecular weight is 319 g/mol. The number of hydrogen-bond acceptors (Lipinski definition) is 5. The fourth-order valence-corrected chi connectivity index (χ4v) is 2.96. The van der Waals surface area contributed by atoms with Crippen molar-refractivity contribution in [2.24, 2.45) is 12.8 Å². The summed E-state index contributed by atoms with van der Waals surface area (Å²) in [6.45, 7) is 2.44. The van der Waals surface area contributed by atoms with Gasteiger partial charge in [-0.25, -0.2) is 13.1 Å². The molecule has 0 aromatic carbocycles. The van der Waals surface area contributed by atoms with Gasteiger partial charge in [-0.2, -0.15) is 0 Å². The molecular formula is C13H25N3O4S. The zero-order valence-corrected chi connectivity index (χ0v) is 13.5. The number of rotatable bonds is 11. The van der Waals surface area contributed by atoms with E-state index < -0.39 is 10.0 Å². The fraction of sp³-hybridized carbons (Fsp3) is 0.692. The summed E-state index contributed by atoms with van der Waals surface area (Å²) >= 11 is 0. The van der Waals surface area contributed by atoms with Gasteiger partial charge in [-0.1, -0.05) is 0 Å².